The molecule has 1 aliphatic rings. The lowest BCUT2D eigenvalue weighted by Gasteiger charge is -2.17. The number of aromatic nitrogens is 2. The van der Waals surface area contributed by atoms with E-state index in [1.54, 1.807) is 4.40 Å². The molecule has 1 aliphatic carbocycles. The van der Waals surface area contributed by atoms with Crippen molar-refractivity contribution in [1.82, 2.24) is 14.7 Å². The lowest BCUT2D eigenvalue weighted by Crippen LogP contribution is -2.33. The summed E-state index contributed by atoms with van der Waals surface area (Å²) in [5.41, 5.74) is 1.58. The third-order valence-corrected chi connectivity index (χ3v) is 4.80. The van der Waals surface area contributed by atoms with E-state index in [1.165, 1.54) is 17.4 Å². The summed E-state index contributed by atoms with van der Waals surface area (Å²) in [5, 5.41) is 4.93. The van der Waals surface area contributed by atoms with Gasteiger partial charge in [-0.15, -0.1) is 11.3 Å². The van der Waals surface area contributed by atoms with Gasteiger partial charge in [-0.2, -0.15) is 0 Å². The molecule has 0 spiro atoms. The number of aryl methyl sites for hydroxylation is 1. The van der Waals surface area contributed by atoms with Crippen LogP contribution in [0.15, 0.2) is 28.4 Å². The summed E-state index contributed by atoms with van der Waals surface area (Å²) in [6.07, 6.45) is 7.57. The highest BCUT2D eigenvalue weighted by Gasteiger charge is 2.18. The third-order valence-electron chi connectivity index (χ3n) is 3.92. The van der Waals surface area contributed by atoms with Gasteiger partial charge in [0.05, 0.1) is 0 Å². The quantitative estimate of drug-likeness (QED) is 0.878. The second kappa shape index (κ2) is 6.44. The number of carbonyl (C=O) groups excluding carboxylic acids is 1. The highest BCUT2D eigenvalue weighted by Crippen LogP contribution is 2.18. The van der Waals surface area contributed by atoms with E-state index >= 15 is 0 Å². The standard InChI is InChI=1S/C16H19N3O2S/c1-11-9-14(20)19-13(10-22-16(19)18-11)7-8-17-15(21)12-5-3-2-4-6-12/h2-3,9-10,12H,4-8H2,1H3,(H,17,21). The van der Waals surface area contributed by atoms with Crippen molar-refractivity contribution in [1.29, 1.82) is 0 Å². The monoisotopic (exact) mass is 317 g/mol. The van der Waals surface area contributed by atoms with E-state index in [4.69, 9.17) is 0 Å². The molecule has 0 fully saturated rings. The number of fused-ring (bicyclic) bond motifs is 1. The number of amides is 1. The minimum absolute atomic E-state index is 0.0532. The SMILES string of the molecule is Cc1cc(=O)n2c(CCNC(=O)C3CC=CCC3)csc2n1. The van der Waals surface area contributed by atoms with Crippen LogP contribution in [-0.4, -0.2) is 21.8 Å². The van der Waals surface area contributed by atoms with Crippen LogP contribution in [0.3, 0.4) is 0 Å². The zero-order valence-electron chi connectivity index (χ0n) is 12.5. The number of hydrogen-bond donors (Lipinski definition) is 1. The smallest absolute Gasteiger partial charge is 0.258 e. The zero-order chi connectivity index (χ0) is 15.5. The predicted molar refractivity (Wildman–Crippen MR) is 87.3 cm³/mol. The van der Waals surface area contributed by atoms with Gasteiger partial charge < -0.3 is 5.32 Å². The number of thiazole rings is 1. The van der Waals surface area contributed by atoms with Crippen LogP contribution in [0.25, 0.3) is 4.96 Å². The molecule has 2 heterocycles. The second-order valence-electron chi connectivity index (χ2n) is 5.60. The van der Waals surface area contributed by atoms with Crippen LogP contribution in [0.2, 0.25) is 0 Å². The largest absolute Gasteiger partial charge is 0.355 e. The number of hydrogen-bond acceptors (Lipinski definition) is 4. The van der Waals surface area contributed by atoms with Crippen molar-refractivity contribution in [2.45, 2.75) is 32.6 Å². The Labute approximate surface area is 132 Å². The van der Waals surface area contributed by atoms with Gasteiger partial charge in [-0.25, -0.2) is 4.98 Å². The van der Waals surface area contributed by atoms with Crippen molar-refractivity contribution in [3.8, 4) is 0 Å². The number of carbonyl (C=O) groups is 1. The Morgan fingerprint density at radius 3 is 3.14 bits per heavy atom. The summed E-state index contributed by atoms with van der Waals surface area (Å²) >= 11 is 1.46. The molecule has 2 aromatic heterocycles. The molecule has 0 bridgehead atoms. The van der Waals surface area contributed by atoms with Crippen LogP contribution in [-0.2, 0) is 11.2 Å². The second-order valence-corrected chi connectivity index (χ2v) is 6.44. The normalized spacial score (nSPS) is 17.8. The lowest BCUT2D eigenvalue weighted by atomic mass is 9.94. The Kier molecular flexibility index (Phi) is 4.38. The van der Waals surface area contributed by atoms with Gasteiger partial charge in [0, 0.05) is 41.7 Å². The molecule has 0 aromatic carbocycles. The number of nitrogens with zero attached hydrogens (tertiary/aromatic N) is 2. The molecule has 1 atom stereocenters. The van der Waals surface area contributed by atoms with E-state index in [9.17, 15) is 9.59 Å². The van der Waals surface area contributed by atoms with Crippen LogP contribution < -0.4 is 10.9 Å². The Morgan fingerprint density at radius 1 is 1.50 bits per heavy atom. The first-order chi connectivity index (χ1) is 10.6. The third kappa shape index (κ3) is 3.11. The molecular weight excluding hydrogens is 298 g/mol. The van der Waals surface area contributed by atoms with Crippen LogP contribution in [0.5, 0.6) is 0 Å². The topological polar surface area (TPSA) is 63.5 Å². The molecule has 6 heteroatoms. The van der Waals surface area contributed by atoms with Gasteiger partial charge in [0.25, 0.3) is 5.56 Å². The molecule has 1 amide bonds. The summed E-state index contributed by atoms with van der Waals surface area (Å²) in [5.74, 6) is 0.210. The summed E-state index contributed by atoms with van der Waals surface area (Å²) in [6, 6.07) is 1.54. The molecule has 0 aliphatic heterocycles. The van der Waals surface area contributed by atoms with E-state index in [0.29, 0.717) is 17.9 Å². The average Bonchev–Trinajstić information content (AvgIpc) is 2.91. The van der Waals surface area contributed by atoms with E-state index in [1.807, 2.05) is 12.3 Å². The first kappa shape index (κ1) is 15.0. The summed E-state index contributed by atoms with van der Waals surface area (Å²) in [4.78, 5) is 29.2. The number of nitrogens with one attached hydrogen (secondary N) is 1. The summed E-state index contributed by atoms with van der Waals surface area (Å²) < 4.78 is 1.63. The van der Waals surface area contributed by atoms with Gasteiger partial charge in [-0.05, 0) is 26.2 Å². The molecule has 5 nitrogen and oxygen atoms in total. The molecule has 116 valence electrons. The average molecular weight is 317 g/mol. The van der Waals surface area contributed by atoms with E-state index < -0.39 is 0 Å². The summed E-state index contributed by atoms with van der Waals surface area (Å²) in [6.45, 7) is 2.37. The van der Waals surface area contributed by atoms with Crippen molar-refractivity contribution in [2.24, 2.45) is 5.92 Å². The number of rotatable bonds is 4. The molecule has 0 saturated heterocycles. The molecule has 1 unspecified atom stereocenters. The predicted octanol–water partition coefficient (Wildman–Crippen LogP) is 2.08. The maximum absolute atomic E-state index is 12.1. The fourth-order valence-electron chi connectivity index (χ4n) is 2.75. The van der Waals surface area contributed by atoms with E-state index in [-0.39, 0.29) is 17.4 Å². The maximum atomic E-state index is 12.1. The Hall–Kier alpha value is -1.95. The van der Waals surface area contributed by atoms with Gasteiger partial charge in [0.2, 0.25) is 5.91 Å². The van der Waals surface area contributed by atoms with Crippen molar-refractivity contribution >= 4 is 22.2 Å². The molecule has 0 saturated carbocycles. The Balaban J connectivity index is 1.63. The Bertz CT molecular complexity index is 775. The van der Waals surface area contributed by atoms with Crippen LogP contribution in [0, 0.1) is 12.8 Å². The highest BCUT2D eigenvalue weighted by molar-refractivity contribution is 7.15. The van der Waals surface area contributed by atoms with Gasteiger partial charge in [-0.3, -0.25) is 14.0 Å². The van der Waals surface area contributed by atoms with Crippen LogP contribution in [0.4, 0.5) is 0 Å². The van der Waals surface area contributed by atoms with Crippen LogP contribution >= 0.6 is 11.3 Å². The first-order valence-corrected chi connectivity index (χ1v) is 8.42. The molecular formula is C16H19N3O2S. The molecule has 2 aromatic rings. The summed E-state index contributed by atoms with van der Waals surface area (Å²) in [7, 11) is 0. The van der Waals surface area contributed by atoms with Gasteiger partial charge in [-0.1, -0.05) is 12.2 Å². The zero-order valence-corrected chi connectivity index (χ0v) is 13.4. The highest BCUT2D eigenvalue weighted by atomic mass is 32.1. The van der Waals surface area contributed by atoms with Gasteiger partial charge in [0.15, 0.2) is 4.96 Å². The molecule has 22 heavy (non-hydrogen) atoms. The fourth-order valence-corrected chi connectivity index (χ4v) is 3.72. The van der Waals surface area contributed by atoms with Crippen LogP contribution in [0.1, 0.15) is 30.7 Å². The number of allylic oxidation sites excluding steroid dienone is 2. The Morgan fingerprint density at radius 2 is 2.36 bits per heavy atom. The van der Waals surface area contributed by atoms with E-state index in [2.05, 4.69) is 22.5 Å². The van der Waals surface area contributed by atoms with Crippen molar-refractivity contribution in [3.63, 3.8) is 0 Å². The maximum Gasteiger partial charge on any atom is 0.258 e. The minimum atomic E-state index is -0.0532. The van der Waals surface area contributed by atoms with Crippen molar-refractivity contribution < 1.29 is 4.79 Å². The van der Waals surface area contributed by atoms with Gasteiger partial charge in [0.1, 0.15) is 0 Å². The molecule has 0 radical (unpaired) electrons. The van der Waals surface area contributed by atoms with Crippen molar-refractivity contribution in [2.75, 3.05) is 6.54 Å². The first-order valence-electron chi connectivity index (χ1n) is 7.54. The van der Waals surface area contributed by atoms with Gasteiger partial charge >= 0.3 is 0 Å². The van der Waals surface area contributed by atoms with E-state index in [0.717, 1.165) is 30.7 Å². The lowest BCUT2D eigenvalue weighted by molar-refractivity contribution is -0.125. The van der Waals surface area contributed by atoms with Crippen molar-refractivity contribution in [3.05, 3.63) is 45.3 Å². The minimum Gasteiger partial charge on any atom is -0.355 e. The fraction of sp³-hybridized carbons (Fsp3) is 0.438. The molecule has 1 N–H and O–H groups in total. The molecule has 3 rings (SSSR count).